The molecule has 84 valence electrons. The van der Waals surface area contributed by atoms with Gasteiger partial charge < -0.3 is 10.8 Å². The predicted molar refractivity (Wildman–Crippen MR) is 63.2 cm³/mol. The van der Waals surface area contributed by atoms with Gasteiger partial charge >= 0.3 is 0 Å². The van der Waals surface area contributed by atoms with Gasteiger partial charge in [0.1, 0.15) is 23.6 Å². The van der Waals surface area contributed by atoms with E-state index in [-0.39, 0.29) is 17.1 Å². The second-order valence-electron chi connectivity index (χ2n) is 2.95. The molecule has 0 aromatic heterocycles. The van der Waals surface area contributed by atoms with Crippen molar-refractivity contribution in [2.24, 2.45) is 10.7 Å². The van der Waals surface area contributed by atoms with E-state index in [4.69, 9.17) is 27.9 Å². The van der Waals surface area contributed by atoms with Gasteiger partial charge in [-0.25, -0.2) is 4.99 Å². The lowest BCUT2D eigenvalue weighted by Gasteiger charge is -1.98. The van der Waals surface area contributed by atoms with Crippen LogP contribution in [0.3, 0.4) is 0 Å². The van der Waals surface area contributed by atoms with Gasteiger partial charge in [0.15, 0.2) is 5.70 Å². The summed E-state index contributed by atoms with van der Waals surface area (Å²) in [6.07, 6.45) is 1.21. The molecule has 0 aliphatic carbocycles. The summed E-state index contributed by atoms with van der Waals surface area (Å²) in [6, 6.07) is 7.67. The molecule has 1 aromatic rings. The lowest BCUT2D eigenvalue weighted by molar-refractivity contribution is 0.474. The van der Waals surface area contributed by atoms with Crippen LogP contribution in [-0.4, -0.2) is 11.3 Å². The molecule has 5 nitrogen and oxygen atoms in total. The number of hydrogen-bond donors (Lipinski definition) is 2. The molecule has 17 heavy (non-hydrogen) atoms. The summed E-state index contributed by atoms with van der Waals surface area (Å²) >= 11 is 5.73. The molecular weight excluding hydrogens is 240 g/mol. The first-order chi connectivity index (χ1) is 8.08. The maximum atomic E-state index is 9.47. The summed E-state index contributed by atoms with van der Waals surface area (Å²) in [7, 11) is 0. The van der Waals surface area contributed by atoms with Gasteiger partial charge in [0.25, 0.3) is 0 Å². The molecular formula is C11H7ClN4O. The molecule has 0 heterocycles. The minimum absolute atomic E-state index is 0.0361. The Kier molecular flexibility index (Phi) is 4.10. The number of nitrogens with two attached hydrogens (primary N) is 1. The first-order valence-corrected chi connectivity index (χ1v) is 4.78. The Morgan fingerprint density at radius 3 is 2.71 bits per heavy atom. The Hall–Kier alpha value is -2.50. The number of phenols is 1. The molecule has 0 atom stereocenters. The molecule has 0 aliphatic rings. The Labute approximate surface area is 103 Å². The molecule has 0 bridgehead atoms. The van der Waals surface area contributed by atoms with Gasteiger partial charge in [0, 0.05) is 16.8 Å². The molecule has 0 fully saturated rings. The van der Waals surface area contributed by atoms with E-state index in [1.165, 1.54) is 24.4 Å². The van der Waals surface area contributed by atoms with Crippen LogP contribution in [0.4, 0.5) is 0 Å². The third-order valence-corrected chi connectivity index (χ3v) is 2.04. The van der Waals surface area contributed by atoms with Gasteiger partial charge in [-0.2, -0.15) is 10.5 Å². The largest absolute Gasteiger partial charge is 0.507 e. The highest BCUT2D eigenvalue weighted by atomic mass is 35.5. The number of aliphatic imine (C=N–C) groups is 1. The van der Waals surface area contributed by atoms with E-state index >= 15 is 0 Å². The minimum atomic E-state index is -0.287. The number of hydrogen-bond acceptors (Lipinski definition) is 5. The normalized spacial score (nSPS) is 11.7. The number of halogens is 1. The van der Waals surface area contributed by atoms with Gasteiger partial charge in [0.05, 0.1) is 0 Å². The van der Waals surface area contributed by atoms with Crippen LogP contribution in [0.5, 0.6) is 5.75 Å². The van der Waals surface area contributed by atoms with E-state index in [2.05, 4.69) is 4.99 Å². The van der Waals surface area contributed by atoms with Crippen LogP contribution in [0.25, 0.3) is 0 Å². The van der Waals surface area contributed by atoms with Crippen molar-refractivity contribution in [3.05, 3.63) is 40.2 Å². The molecule has 0 amide bonds. The van der Waals surface area contributed by atoms with Gasteiger partial charge in [-0.05, 0) is 18.2 Å². The maximum Gasteiger partial charge on any atom is 0.174 e. The van der Waals surface area contributed by atoms with Crippen LogP contribution in [-0.2, 0) is 0 Å². The van der Waals surface area contributed by atoms with Crippen molar-refractivity contribution in [2.45, 2.75) is 0 Å². The first-order valence-electron chi connectivity index (χ1n) is 4.41. The smallest absolute Gasteiger partial charge is 0.174 e. The first kappa shape index (κ1) is 12.6. The molecule has 1 rings (SSSR count). The van der Waals surface area contributed by atoms with Crippen LogP contribution < -0.4 is 5.73 Å². The zero-order chi connectivity index (χ0) is 12.8. The highest BCUT2D eigenvalue weighted by Crippen LogP contribution is 2.19. The number of benzene rings is 1. The summed E-state index contributed by atoms with van der Waals surface area (Å²) in [5.41, 5.74) is 5.08. The number of allylic oxidation sites excluding steroid dienone is 2. The van der Waals surface area contributed by atoms with Gasteiger partial charge in [-0.1, -0.05) is 11.6 Å². The number of phenolic OH excluding ortho intramolecular Hbond substituents is 1. The average molecular weight is 247 g/mol. The fraction of sp³-hybridized carbons (Fsp3) is 0. The summed E-state index contributed by atoms with van der Waals surface area (Å²) in [5.74, 6) is -0.0361. The minimum Gasteiger partial charge on any atom is -0.507 e. The quantitative estimate of drug-likeness (QED) is 0.611. The van der Waals surface area contributed by atoms with Gasteiger partial charge in [-0.15, -0.1) is 0 Å². The van der Waals surface area contributed by atoms with Crippen molar-refractivity contribution in [1.82, 2.24) is 0 Å². The topological polar surface area (TPSA) is 106 Å². The molecule has 3 N–H and O–H groups in total. The van der Waals surface area contributed by atoms with Crippen molar-refractivity contribution < 1.29 is 5.11 Å². The maximum absolute atomic E-state index is 9.47. The number of nitriles is 2. The van der Waals surface area contributed by atoms with Crippen LogP contribution in [0, 0.1) is 22.7 Å². The zero-order valence-corrected chi connectivity index (χ0v) is 9.31. The molecule has 0 aliphatic heterocycles. The van der Waals surface area contributed by atoms with Crippen molar-refractivity contribution in [3.63, 3.8) is 0 Å². The van der Waals surface area contributed by atoms with Crippen molar-refractivity contribution in [2.75, 3.05) is 0 Å². The second kappa shape index (κ2) is 5.55. The number of rotatable bonds is 2. The van der Waals surface area contributed by atoms with Crippen LogP contribution in [0.1, 0.15) is 5.56 Å². The molecule has 1 aromatic carbocycles. The second-order valence-corrected chi connectivity index (χ2v) is 3.38. The van der Waals surface area contributed by atoms with Gasteiger partial charge in [-0.3, -0.25) is 0 Å². The van der Waals surface area contributed by atoms with Crippen molar-refractivity contribution in [1.29, 1.82) is 10.5 Å². The Balaban J connectivity index is 3.12. The number of aromatic hydroxyl groups is 1. The van der Waals surface area contributed by atoms with Crippen LogP contribution >= 0.6 is 11.6 Å². The molecule has 0 saturated heterocycles. The summed E-state index contributed by atoms with van der Waals surface area (Å²) in [6.45, 7) is 0. The van der Waals surface area contributed by atoms with E-state index in [0.29, 0.717) is 10.6 Å². The van der Waals surface area contributed by atoms with E-state index < -0.39 is 0 Å². The Morgan fingerprint density at radius 2 is 2.12 bits per heavy atom. The van der Waals surface area contributed by atoms with E-state index in [1.807, 2.05) is 0 Å². The fourth-order valence-corrected chi connectivity index (χ4v) is 1.16. The standard InChI is InChI=1S/C11H7ClN4O/c12-8-1-2-11(17)7(3-8)6-16-10(5-14)9(15)4-13/h1-3,6,17H,15H2. The predicted octanol–water partition coefficient (Wildman–Crippen LogP) is 1.68. The zero-order valence-electron chi connectivity index (χ0n) is 8.55. The average Bonchev–Trinajstić information content (AvgIpc) is 2.33. The lowest BCUT2D eigenvalue weighted by atomic mass is 10.2. The molecule has 6 heteroatoms. The SMILES string of the molecule is N#CC(N)=C(C#N)N=Cc1cc(Cl)ccc1O. The Morgan fingerprint density at radius 1 is 1.41 bits per heavy atom. The number of nitrogens with zero attached hydrogens (tertiary/aromatic N) is 3. The fourth-order valence-electron chi connectivity index (χ4n) is 0.974. The highest BCUT2D eigenvalue weighted by Gasteiger charge is 2.02. The third kappa shape index (κ3) is 3.23. The molecule has 0 radical (unpaired) electrons. The van der Waals surface area contributed by atoms with Crippen molar-refractivity contribution >= 4 is 17.8 Å². The van der Waals surface area contributed by atoms with Crippen LogP contribution in [0.2, 0.25) is 5.02 Å². The highest BCUT2D eigenvalue weighted by molar-refractivity contribution is 6.30. The summed E-state index contributed by atoms with van der Waals surface area (Å²) < 4.78 is 0. The Bertz CT molecular complexity index is 578. The van der Waals surface area contributed by atoms with E-state index in [0.717, 1.165) is 0 Å². The van der Waals surface area contributed by atoms with E-state index in [1.54, 1.807) is 12.1 Å². The third-order valence-electron chi connectivity index (χ3n) is 1.80. The molecule has 0 unspecified atom stereocenters. The van der Waals surface area contributed by atoms with E-state index in [9.17, 15) is 5.11 Å². The van der Waals surface area contributed by atoms with Crippen LogP contribution in [0.15, 0.2) is 34.6 Å². The summed E-state index contributed by atoms with van der Waals surface area (Å²) in [4.78, 5) is 3.71. The molecule has 0 spiro atoms. The monoisotopic (exact) mass is 246 g/mol. The lowest BCUT2D eigenvalue weighted by Crippen LogP contribution is -1.97. The molecule has 0 saturated carbocycles. The van der Waals surface area contributed by atoms with Gasteiger partial charge in [0.2, 0.25) is 0 Å². The summed E-state index contributed by atoms with van der Waals surface area (Å²) in [5, 5.41) is 27.1. The van der Waals surface area contributed by atoms with Crippen molar-refractivity contribution in [3.8, 4) is 17.9 Å².